The Balaban J connectivity index is 2.12. The zero-order chi connectivity index (χ0) is 24.0. The average Bonchev–Trinajstić information content (AvgIpc) is 2.93. The van der Waals surface area contributed by atoms with Crippen LogP contribution in [0.15, 0.2) is 50.4 Å². The second-order valence-electron chi connectivity index (χ2n) is 6.28. The van der Waals surface area contributed by atoms with Gasteiger partial charge in [0.15, 0.2) is 5.69 Å². The first-order valence-corrected chi connectivity index (χ1v) is 11.9. The molecule has 0 aliphatic heterocycles. The van der Waals surface area contributed by atoms with Crippen molar-refractivity contribution in [3.8, 4) is 11.6 Å². The van der Waals surface area contributed by atoms with Gasteiger partial charge < -0.3 is 10.8 Å². The molecule has 32 heavy (non-hydrogen) atoms. The highest BCUT2D eigenvalue weighted by Gasteiger charge is 2.23. The van der Waals surface area contributed by atoms with Gasteiger partial charge in [-0.25, -0.2) is 0 Å². The minimum atomic E-state index is -4.65. The first-order chi connectivity index (χ1) is 14.7. The number of azo groups is 1. The summed E-state index contributed by atoms with van der Waals surface area (Å²) in [6.45, 7) is 1.44. The van der Waals surface area contributed by atoms with E-state index in [-0.39, 0.29) is 38.5 Å². The highest BCUT2D eigenvalue weighted by Crippen LogP contribution is 2.38. The summed E-state index contributed by atoms with van der Waals surface area (Å²) in [4.78, 5) is -1.20. The van der Waals surface area contributed by atoms with Gasteiger partial charge in [0, 0.05) is 5.69 Å². The Hall–Kier alpha value is -2.75. The van der Waals surface area contributed by atoms with E-state index in [1.807, 2.05) is 0 Å². The molecule has 0 saturated carbocycles. The van der Waals surface area contributed by atoms with E-state index < -0.39 is 35.9 Å². The normalized spacial score (nSPS) is 12.5. The summed E-state index contributed by atoms with van der Waals surface area (Å²) in [5, 5.41) is 21.5. The van der Waals surface area contributed by atoms with E-state index in [9.17, 15) is 31.0 Å². The Kier molecular flexibility index (Phi) is 6.21. The van der Waals surface area contributed by atoms with Crippen LogP contribution in [0.4, 0.5) is 17.1 Å². The van der Waals surface area contributed by atoms with Crippen LogP contribution in [-0.2, 0) is 20.2 Å². The van der Waals surface area contributed by atoms with E-state index in [0.717, 1.165) is 28.9 Å². The first kappa shape index (κ1) is 23.9. The molecule has 0 aliphatic carbocycles. The highest BCUT2D eigenvalue weighted by atomic mass is 35.5. The number of aryl methyl sites for hydroxylation is 1. The number of benzene rings is 2. The second kappa shape index (κ2) is 8.31. The largest absolute Gasteiger partial charge is 0.492 e. The van der Waals surface area contributed by atoms with Crippen molar-refractivity contribution in [3.63, 3.8) is 0 Å². The van der Waals surface area contributed by atoms with E-state index in [1.54, 1.807) is 0 Å². The maximum absolute atomic E-state index is 11.5. The van der Waals surface area contributed by atoms with Crippen LogP contribution in [0.2, 0.25) is 10.0 Å². The van der Waals surface area contributed by atoms with Gasteiger partial charge in [0.2, 0.25) is 5.88 Å². The van der Waals surface area contributed by atoms with E-state index in [2.05, 4.69) is 15.3 Å². The minimum Gasteiger partial charge on any atom is -0.492 e. The first-order valence-electron chi connectivity index (χ1n) is 8.24. The molecule has 0 fully saturated rings. The van der Waals surface area contributed by atoms with Gasteiger partial charge in [0.1, 0.15) is 15.5 Å². The van der Waals surface area contributed by atoms with Crippen LogP contribution in [0.25, 0.3) is 5.69 Å². The second-order valence-corrected chi connectivity index (χ2v) is 9.88. The number of nitrogens with zero attached hydrogens (tertiary/aromatic N) is 4. The maximum atomic E-state index is 11.5. The van der Waals surface area contributed by atoms with Crippen LogP contribution in [0.5, 0.6) is 5.88 Å². The number of hydrogen-bond donors (Lipinski definition) is 4. The number of nitrogen functional groups attached to an aromatic ring is 1. The standard InChI is InChI=1S/C16H13Cl2N5O7S2/c1-7-15(21-20-11-4-8(19)2-3-13(11)31(25,26)27)16(24)23(22-7)12-5-10(18)14(6-9(12)17)32(28,29)30/h2-6,24H,19H2,1H3,(H,25,26,27)(H,28,29,30). The Bertz CT molecular complexity index is 1480. The molecule has 3 rings (SSSR count). The molecule has 1 aromatic heterocycles. The van der Waals surface area contributed by atoms with Gasteiger partial charge in [-0.2, -0.15) is 26.6 Å². The molecule has 0 atom stereocenters. The van der Waals surface area contributed by atoms with Gasteiger partial charge in [0.25, 0.3) is 20.2 Å². The molecule has 5 N–H and O–H groups in total. The molecule has 12 nitrogen and oxygen atoms in total. The molecule has 0 aliphatic rings. The molecule has 3 aromatic rings. The Morgan fingerprint density at radius 2 is 1.59 bits per heavy atom. The average molecular weight is 522 g/mol. The summed E-state index contributed by atoms with van der Waals surface area (Å²) < 4.78 is 65.2. The zero-order valence-corrected chi connectivity index (χ0v) is 18.9. The van der Waals surface area contributed by atoms with Gasteiger partial charge in [-0.05, 0) is 37.3 Å². The van der Waals surface area contributed by atoms with E-state index in [1.165, 1.54) is 13.0 Å². The van der Waals surface area contributed by atoms with E-state index >= 15 is 0 Å². The van der Waals surface area contributed by atoms with Crippen molar-refractivity contribution in [1.82, 2.24) is 9.78 Å². The predicted molar refractivity (Wildman–Crippen MR) is 115 cm³/mol. The van der Waals surface area contributed by atoms with Crippen molar-refractivity contribution in [3.05, 3.63) is 46.1 Å². The molecule has 0 spiro atoms. The lowest BCUT2D eigenvalue weighted by atomic mass is 10.3. The molecular weight excluding hydrogens is 509 g/mol. The van der Waals surface area contributed by atoms with Crippen molar-refractivity contribution in [2.75, 3.05) is 5.73 Å². The van der Waals surface area contributed by atoms with Crippen molar-refractivity contribution in [2.45, 2.75) is 16.7 Å². The zero-order valence-electron chi connectivity index (χ0n) is 15.8. The summed E-state index contributed by atoms with van der Waals surface area (Å²) in [6, 6.07) is 5.35. The quantitative estimate of drug-likeness (QED) is 0.219. The predicted octanol–water partition coefficient (Wildman–Crippen LogP) is 3.68. The van der Waals surface area contributed by atoms with Crippen molar-refractivity contribution < 1.29 is 31.0 Å². The molecule has 0 radical (unpaired) electrons. The minimum absolute atomic E-state index is 0.0475. The monoisotopic (exact) mass is 521 g/mol. The molecule has 0 unspecified atom stereocenters. The third-order valence-corrected chi connectivity index (χ3v) is 6.55. The molecule has 0 amide bonds. The van der Waals surface area contributed by atoms with Gasteiger partial charge in [-0.1, -0.05) is 23.2 Å². The van der Waals surface area contributed by atoms with E-state index in [0.29, 0.717) is 0 Å². The lowest BCUT2D eigenvalue weighted by molar-refractivity contribution is 0.434. The lowest BCUT2D eigenvalue weighted by Gasteiger charge is -2.09. The molecule has 0 bridgehead atoms. The third-order valence-electron chi connectivity index (χ3n) is 4.03. The molecule has 1 heterocycles. The van der Waals surface area contributed by atoms with Gasteiger partial charge in [-0.15, -0.1) is 10.2 Å². The number of aromatic hydroxyl groups is 1. The molecule has 0 saturated heterocycles. The van der Waals surface area contributed by atoms with Crippen molar-refractivity contribution in [1.29, 1.82) is 0 Å². The highest BCUT2D eigenvalue weighted by molar-refractivity contribution is 7.86. The van der Waals surface area contributed by atoms with Gasteiger partial charge >= 0.3 is 0 Å². The number of anilines is 1. The summed E-state index contributed by atoms with van der Waals surface area (Å²) in [5.74, 6) is -0.596. The lowest BCUT2D eigenvalue weighted by Crippen LogP contribution is -2.03. The Morgan fingerprint density at radius 3 is 2.19 bits per heavy atom. The number of aromatic nitrogens is 2. The fraction of sp³-hybridized carbons (Fsp3) is 0.0625. The fourth-order valence-electron chi connectivity index (χ4n) is 2.60. The van der Waals surface area contributed by atoms with Crippen LogP contribution in [0, 0.1) is 6.92 Å². The summed E-state index contributed by atoms with van der Waals surface area (Å²) in [6.07, 6.45) is 0. The van der Waals surface area contributed by atoms with Crippen LogP contribution in [0.1, 0.15) is 5.69 Å². The van der Waals surface area contributed by atoms with Crippen molar-refractivity contribution >= 4 is 60.5 Å². The van der Waals surface area contributed by atoms with Crippen LogP contribution < -0.4 is 5.73 Å². The third kappa shape index (κ3) is 4.69. The molecule has 2 aromatic carbocycles. The summed E-state index contributed by atoms with van der Waals surface area (Å²) in [7, 11) is -9.28. The smallest absolute Gasteiger partial charge is 0.296 e. The Labute approximate surface area is 191 Å². The number of rotatable bonds is 5. The number of nitrogens with two attached hydrogens (primary N) is 1. The van der Waals surface area contributed by atoms with Crippen molar-refractivity contribution in [2.24, 2.45) is 10.2 Å². The van der Waals surface area contributed by atoms with Gasteiger partial charge in [0.05, 0.1) is 21.4 Å². The topological polar surface area (TPSA) is 198 Å². The maximum Gasteiger partial charge on any atom is 0.296 e. The molecule has 16 heteroatoms. The number of hydrogen-bond acceptors (Lipinski definition) is 9. The van der Waals surface area contributed by atoms with Crippen LogP contribution in [0.3, 0.4) is 0 Å². The van der Waals surface area contributed by atoms with Gasteiger partial charge in [-0.3, -0.25) is 9.11 Å². The van der Waals surface area contributed by atoms with E-state index in [4.69, 9.17) is 28.9 Å². The fourth-order valence-corrected chi connectivity index (χ4v) is 4.54. The Morgan fingerprint density at radius 1 is 0.969 bits per heavy atom. The SMILES string of the molecule is Cc1nn(-c2cc(Cl)c(S(=O)(=O)O)cc2Cl)c(O)c1N=Nc1cc(N)ccc1S(=O)(=O)O. The van der Waals surface area contributed by atoms with Crippen LogP contribution in [-0.4, -0.2) is 40.8 Å². The number of halogens is 2. The molecular formula is C16H13Cl2N5O7S2. The molecule has 170 valence electrons. The summed E-state index contributed by atoms with van der Waals surface area (Å²) >= 11 is 12.0. The summed E-state index contributed by atoms with van der Waals surface area (Å²) in [5.41, 5.74) is 5.35. The van der Waals surface area contributed by atoms with Crippen LogP contribution >= 0.6 is 23.2 Å².